The Morgan fingerprint density at radius 3 is 1.40 bits per heavy atom. The van der Waals surface area contributed by atoms with Crippen molar-refractivity contribution in [2.24, 2.45) is 0 Å². The highest BCUT2D eigenvalue weighted by molar-refractivity contribution is 5.83. The lowest BCUT2D eigenvalue weighted by molar-refractivity contribution is 0.405. The summed E-state index contributed by atoms with van der Waals surface area (Å²) in [4.78, 5) is 0. The zero-order valence-corrected chi connectivity index (χ0v) is 31.0. The zero-order valence-electron chi connectivity index (χ0n) is 31.0. The first-order chi connectivity index (χ1) is 26.0. The molecule has 0 amide bonds. The monoisotopic (exact) mass is 682 g/mol. The van der Waals surface area contributed by atoms with Gasteiger partial charge in [-0.25, -0.2) is 0 Å². The lowest BCUT2D eigenvalue weighted by Gasteiger charge is -2.47. The zero-order chi connectivity index (χ0) is 35.9. The first kappa shape index (κ1) is 33.1. The van der Waals surface area contributed by atoms with Gasteiger partial charge in [0.05, 0.1) is 0 Å². The van der Waals surface area contributed by atoms with E-state index in [2.05, 4.69) is 203 Å². The number of benzene rings is 7. The molecule has 1 unspecified atom stereocenters. The first-order valence-electron chi connectivity index (χ1n) is 19.3. The van der Waals surface area contributed by atoms with Gasteiger partial charge in [-0.15, -0.1) is 0 Å². The fourth-order valence-electron chi connectivity index (χ4n) is 9.68. The molecule has 7 aromatic carbocycles. The number of fused-ring (bicyclic) bond motifs is 4. The smallest absolute Gasteiger partial charge is 0.0418 e. The van der Waals surface area contributed by atoms with Crippen molar-refractivity contribution in [3.8, 4) is 11.1 Å². The minimum atomic E-state index is -0.440. The summed E-state index contributed by atoms with van der Waals surface area (Å²) in [5.41, 5.74) is 18.8. The third kappa shape index (κ3) is 5.78. The van der Waals surface area contributed by atoms with Gasteiger partial charge in [0.2, 0.25) is 0 Å². The molecule has 0 aliphatic heterocycles. The predicted molar refractivity (Wildman–Crippen MR) is 223 cm³/mol. The summed E-state index contributed by atoms with van der Waals surface area (Å²) in [5.74, 6) is 0.663. The molecule has 0 saturated carbocycles. The lowest BCUT2D eigenvalue weighted by atomic mass is 9.54. The Kier molecular flexibility index (Phi) is 8.55. The molecule has 258 valence electrons. The van der Waals surface area contributed by atoms with E-state index >= 15 is 0 Å². The van der Waals surface area contributed by atoms with Crippen LogP contribution in [0.5, 0.6) is 0 Å². The second kappa shape index (κ2) is 13.7. The summed E-state index contributed by atoms with van der Waals surface area (Å²) in [7, 11) is 0. The van der Waals surface area contributed by atoms with Crippen molar-refractivity contribution in [2.45, 2.75) is 56.8 Å². The molecule has 0 bridgehead atoms. The van der Waals surface area contributed by atoms with Crippen LogP contribution in [0, 0.1) is 0 Å². The maximum atomic E-state index is 2.56. The van der Waals surface area contributed by atoms with Crippen LogP contribution in [-0.4, -0.2) is 0 Å². The van der Waals surface area contributed by atoms with E-state index in [4.69, 9.17) is 0 Å². The van der Waals surface area contributed by atoms with E-state index in [-0.39, 0.29) is 11.8 Å². The second-order valence-electron chi connectivity index (χ2n) is 15.6. The van der Waals surface area contributed by atoms with Gasteiger partial charge in [-0.2, -0.15) is 0 Å². The predicted octanol–water partition coefficient (Wildman–Crippen LogP) is 13.3. The third-order valence-electron chi connectivity index (χ3n) is 12.0. The molecule has 7 aromatic rings. The van der Waals surface area contributed by atoms with Crippen molar-refractivity contribution < 1.29 is 0 Å². The van der Waals surface area contributed by atoms with Crippen LogP contribution in [-0.2, 0) is 18.3 Å². The van der Waals surface area contributed by atoms with Crippen molar-refractivity contribution >= 4 is 6.08 Å². The highest BCUT2D eigenvalue weighted by Crippen LogP contribution is 2.64. The van der Waals surface area contributed by atoms with Gasteiger partial charge < -0.3 is 0 Å². The Balaban J connectivity index is 1.35. The van der Waals surface area contributed by atoms with Gasteiger partial charge in [0.25, 0.3) is 0 Å². The van der Waals surface area contributed by atoms with Crippen LogP contribution in [0.15, 0.2) is 181 Å². The van der Waals surface area contributed by atoms with Gasteiger partial charge >= 0.3 is 0 Å². The molecule has 0 heterocycles. The van der Waals surface area contributed by atoms with Crippen molar-refractivity contribution in [3.63, 3.8) is 0 Å². The van der Waals surface area contributed by atoms with E-state index in [9.17, 15) is 0 Å². The highest BCUT2D eigenvalue weighted by Gasteiger charge is 2.54. The SMILES string of the molecule is CC1=Cc2cc(C(C)C)ccc2C1C(c1ccccc1)(c1ccccc1)C1c2cc(Cc3ccccc3)ccc2-c2ccc(Cc3ccccc3)cc21. The Hall–Kier alpha value is -5.72. The van der Waals surface area contributed by atoms with E-state index in [1.807, 2.05) is 0 Å². The number of rotatable bonds is 9. The number of hydrogen-bond donors (Lipinski definition) is 0. The van der Waals surface area contributed by atoms with E-state index < -0.39 is 5.41 Å². The van der Waals surface area contributed by atoms with Crippen molar-refractivity contribution in [1.29, 1.82) is 0 Å². The number of hydrogen-bond acceptors (Lipinski definition) is 0. The lowest BCUT2D eigenvalue weighted by Crippen LogP contribution is -2.41. The van der Waals surface area contributed by atoms with Gasteiger partial charge in [-0.05, 0) is 98.0 Å². The normalized spacial score (nSPS) is 14.9. The Morgan fingerprint density at radius 1 is 0.453 bits per heavy atom. The molecular formula is C53H46. The molecule has 1 atom stereocenters. The standard InChI is InChI=1S/C53H46/c1-36(2)42-26-29-46-43(35-42)30-37(3)51(46)53(44-20-12-6-13-21-44,45-22-14-7-15-23-45)52-49-33-40(31-38-16-8-4-9-17-38)24-27-47(49)48-28-25-41(34-50(48)52)32-39-18-10-5-11-19-39/h4-30,33-36,51-52H,31-32H2,1-3H3. The molecule has 2 aliphatic rings. The van der Waals surface area contributed by atoms with Crippen LogP contribution in [0.1, 0.15) is 99.7 Å². The largest absolute Gasteiger partial charge is 0.0639 e. The topological polar surface area (TPSA) is 0 Å². The van der Waals surface area contributed by atoms with E-state index in [0.29, 0.717) is 5.92 Å². The summed E-state index contributed by atoms with van der Waals surface area (Å²) in [6.45, 7) is 6.99. The van der Waals surface area contributed by atoms with E-state index in [1.165, 1.54) is 77.9 Å². The molecule has 0 fully saturated rings. The van der Waals surface area contributed by atoms with Gasteiger partial charge in [0, 0.05) is 17.3 Å². The van der Waals surface area contributed by atoms with Crippen molar-refractivity contribution in [1.82, 2.24) is 0 Å². The molecule has 2 aliphatic carbocycles. The van der Waals surface area contributed by atoms with Crippen LogP contribution in [0.2, 0.25) is 0 Å². The Bertz CT molecular complexity index is 2290. The maximum Gasteiger partial charge on any atom is 0.0418 e. The third-order valence-corrected chi connectivity index (χ3v) is 12.0. The van der Waals surface area contributed by atoms with Gasteiger partial charge in [-0.1, -0.05) is 201 Å². The molecule has 0 saturated heterocycles. The van der Waals surface area contributed by atoms with E-state index in [0.717, 1.165) is 12.8 Å². The van der Waals surface area contributed by atoms with Gasteiger partial charge in [0.1, 0.15) is 0 Å². The van der Waals surface area contributed by atoms with Crippen LogP contribution in [0.4, 0.5) is 0 Å². The molecule has 0 N–H and O–H groups in total. The molecule has 53 heavy (non-hydrogen) atoms. The summed E-state index contributed by atoms with van der Waals surface area (Å²) in [5, 5.41) is 0. The minimum Gasteiger partial charge on any atom is -0.0639 e. The quantitative estimate of drug-likeness (QED) is 0.142. The van der Waals surface area contributed by atoms with Crippen LogP contribution in [0.3, 0.4) is 0 Å². The van der Waals surface area contributed by atoms with Gasteiger partial charge in [-0.3, -0.25) is 0 Å². The van der Waals surface area contributed by atoms with E-state index in [1.54, 1.807) is 0 Å². The summed E-state index contributed by atoms with van der Waals surface area (Å²) in [6.07, 6.45) is 4.30. The van der Waals surface area contributed by atoms with Crippen LogP contribution in [0.25, 0.3) is 17.2 Å². The maximum absolute atomic E-state index is 2.56. The molecule has 0 nitrogen and oxygen atoms in total. The highest BCUT2D eigenvalue weighted by atomic mass is 14.6. The fourth-order valence-corrected chi connectivity index (χ4v) is 9.68. The molecule has 0 aromatic heterocycles. The van der Waals surface area contributed by atoms with Gasteiger partial charge in [0.15, 0.2) is 0 Å². The Morgan fingerprint density at radius 2 is 0.925 bits per heavy atom. The van der Waals surface area contributed by atoms with Crippen molar-refractivity contribution in [2.75, 3.05) is 0 Å². The average molecular weight is 683 g/mol. The fraction of sp³-hybridized carbons (Fsp3) is 0.170. The molecule has 0 radical (unpaired) electrons. The first-order valence-corrected chi connectivity index (χ1v) is 19.3. The second-order valence-corrected chi connectivity index (χ2v) is 15.6. The summed E-state index contributed by atoms with van der Waals surface area (Å²) < 4.78 is 0. The summed E-state index contributed by atoms with van der Waals surface area (Å²) in [6, 6.07) is 66.8. The molecule has 0 spiro atoms. The molecule has 0 heteroatoms. The average Bonchev–Trinajstić information content (AvgIpc) is 3.70. The summed E-state index contributed by atoms with van der Waals surface area (Å²) >= 11 is 0. The van der Waals surface area contributed by atoms with Crippen LogP contribution >= 0.6 is 0 Å². The minimum absolute atomic E-state index is 0.0628. The van der Waals surface area contributed by atoms with Crippen molar-refractivity contribution in [3.05, 3.63) is 243 Å². The molecular weight excluding hydrogens is 637 g/mol. The number of allylic oxidation sites excluding steroid dienone is 1. The Labute approximate surface area is 315 Å². The van der Waals surface area contributed by atoms with Crippen LogP contribution < -0.4 is 0 Å². The molecule has 9 rings (SSSR count).